The van der Waals surface area contributed by atoms with E-state index >= 15 is 0 Å². The van der Waals surface area contributed by atoms with Gasteiger partial charge >= 0.3 is 0 Å². The highest BCUT2D eigenvalue weighted by Crippen LogP contribution is 2.27. The Morgan fingerprint density at radius 3 is 2.74 bits per heavy atom. The van der Waals surface area contributed by atoms with Gasteiger partial charge in [0, 0.05) is 17.6 Å². The molecule has 0 bridgehead atoms. The SMILES string of the molecule is Cc1ccc(Br)cc1S(=O)(=O)N1CCC(CN)C1.Cl. The third kappa shape index (κ3) is 3.49. The molecule has 0 aliphatic carbocycles. The first-order valence-corrected chi connectivity index (χ1v) is 8.15. The van der Waals surface area contributed by atoms with Gasteiger partial charge in [-0.15, -0.1) is 12.4 Å². The molecule has 1 aliphatic heterocycles. The molecular formula is C12H18BrClN2O2S. The summed E-state index contributed by atoms with van der Waals surface area (Å²) < 4.78 is 27.4. The zero-order chi connectivity index (χ0) is 13.3. The second kappa shape index (κ2) is 6.54. The van der Waals surface area contributed by atoms with Crippen molar-refractivity contribution in [3.63, 3.8) is 0 Å². The van der Waals surface area contributed by atoms with Crippen molar-refractivity contribution >= 4 is 38.4 Å². The van der Waals surface area contributed by atoms with Gasteiger partial charge in [-0.2, -0.15) is 4.31 Å². The number of rotatable bonds is 3. The van der Waals surface area contributed by atoms with Gasteiger partial charge in [0.05, 0.1) is 4.90 Å². The summed E-state index contributed by atoms with van der Waals surface area (Å²) in [6.07, 6.45) is 0.850. The van der Waals surface area contributed by atoms with Crippen LogP contribution >= 0.6 is 28.3 Å². The average Bonchev–Trinajstić information content (AvgIpc) is 2.81. The molecule has 19 heavy (non-hydrogen) atoms. The molecule has 1 aromatic rings. The van der Waals surface area contributed by atoms with E-state index in [1.165, 1.54) is 0 Å². The molecule has 0 amide bonds. The number of nitrogens with two attached hydrogens (primary N) is 1. The maximum Gasteiger partial charge on any atom is 0.243 e. The monoisotopic (exact) mass is 368 g/mol. The van der Waals surface area contributed by atoms with E-state index in [2.05, 4.69) is 15.9 Å². The minimum Gasteiger partial charge on any atom is -0.330 e. The number of aryl methyl sites for hydroxylation is 1. The summed E-state index contributed by atoms with van der Waals surface area (Å²) in [6, 6.07) is 5.33. The number of sulfonamides is 1. The van der Waals surface area contributed by atoms with Crippen molar-refractivity contribution < 1.29 is 8.42 Å². The van der Waals surface area contributed by atoms with Crippen molar-refractivity contribution in [2.24, 2.45) is 11.7 Å². The number of nitrogens with zero attached hydrogens (tertiary/aromatic N) is 1. The molecule has 7 heteroatoms. The van der Waals surface area contributed by atoms with Gasteiger partial charge in [0.1, 0.15) is 0 Å². The summed E-state index contributed by atoms with van der Waals surface area (Å²) in [6.45, 7) is 3.46. The molecule has 1 fully saturated rings. The first kappa shape index (κ1) is 16.9. The standard InChI is InChI=1S/C12H17BrN2O2S.ClH/c1-9-2-3-11(13)6-12(9)18(16,17)15-5-4-10(7-14)8-15;/h2-3,6,10H,4-5,7-8,14H2,1H3;1H. The van der Waals surface area contributed by atoms with E-state index in [1.807, 2.05) is 19.1 Å². The minimum absolute atomic E-state index is 0. The normalized spacial score (nSPS) is 20.3. The van der Waals surface area contributed by atoms with Gasteiger partial charge in [-0.1, -0.05) is 22.0 Å². The molecule has 108 valence electrons. The minimum atomic E-state index is -3.39. The lowest BCUT2D eigenvalue weighted by Crippen LogP contribution is -2.30. The van der Waals surface area contributed by atoms with Crippen molar-refractivity contribution in [1.29, 1.82) is 0 Å². The molecule has 0 spiro atoms. The zero-order valence-corrected chi connectivity index (χ0v) is 13.9. The molecule has 1 saturated heterocycles. The maximum atomic E-state index is 12.5. The summed E-state index contributed by atoms with van der Waals surface area (Å²) in [5.41, 5.74) is 6.38. The van der Waals surface area contributed by atoms with Gasteiger partial charge in [-0.05, 0) is 43.5 Å². The molecule has 0 saturated carbocycles. The lowest BCUT2D eigenvalue weighted by molar-refractivity contribution is 0.458. The fraction of sp³-hybridized carbons (Fsp3) is 0.500. The highest BCUT2D eigenvalue weighted by atomic mass is 79.9. The predicted molar refractivity (Wildman–Crippen MR) is 82.0 cm³/mol. The Bertz CT molecular complexity index is 551. The Labute approximate surface area is 128 Å². The van der Waals surface area contributed by atoms with E-state index in [4.69, 9.17) is 5.73 Å². The van der Waals surface area contributed by atoms with Crippen molar-refractivity contribution in [3.05, 3.63) is 28.2 Å². The zero-order valence-electron chi connectivity index (χ0n) is 10.7. The molecule has 1 atom stereocenters. The molecule has 2 N–H and O–H groups in total. The summed E-state index contributed by atoms with van der Waals surface area (Å²) in [7, 11) is -3.39. The van der Waals surface area contributed by atoms with E-state index in [1.54, 1.807) is 10.4 Å². The van der Waals surface area contributed by atoms with Crippen LogP contribution in [-0.2, 0) is 10.0 Å². The second-order valence-corrected chi connectivity index (χ2v) is 7.49. The lowest BCUT2D eigenvalue weighted by atomic mass is 10.1. The fourth-order valence-corrected chi connectivity index (χ4v) is 4.49. The highest BCUT2D eigenvalue weighted by molar-refractivity contribution is 9.10. The van der Waals surface area contributed by atoms with Crippen molar-refractivity contribution in [3.8, 4) is 0 Å². The largest absolute Gasteiger partial charge is 0.330 e. The number of halogens is 2. The molecule has 1 unspecified atom stereocenters. The number of hydrogen-bond acceptors (Lipinski definition) is 3. The van der Waals surface area contributed by atoms with E-state index in [0.29, 0.717) is 24.5 Å². The first-order valence-electron chi connectivity index (χ1n) is 5.91. The van der Waals surface area contributed by atoms with Gasteiger partial charge in [0.2, 0.25) is 10.0 Å². The Hall–Kier alpha value is -0.140. The smallest absolute Gasteiger partial charge is 0.243 e. The van der Waals surface area contributed by atoms with E-state index in [0.717, 1.165) is 16.5 Å². The summed E-state index contributed by atoms with van der Waals surface area (Å²) in [4.78, 5) is 0.384. The van der Waals surface area contributed by atoms with Gasteiger partial charge in [0.15, 0.2) is 0 Å². The van der Waals surface area contributed by atoms with Crippen LogP contribution < -0.4 is 5.73 Å². The highest BCUT2D eigenvalue weighted by Gasteiger charge is 2.32. The van der Waals surface area contributed by atoms with Crippen LogP contribution in [0.2, 0.25) is 0 Å². The third-order valence-electron chi connectivity index (χ3n) is 3.35. The Morgan fingerprint density at radius 2 is 2.16 bits per heavy atom. The van der Waals surface area contributed by atoms with Crippen LogP contribution in [0, 0.1) is 12.8 Å². The van der Waals surface area contributed by atoms with Crippen LogP contribution in [0.4, 0.5) is 0 Å². The lowest BCUT2D eigenvalue weighted by Gasteiger charge is -2.18. The van der Waals surface area contributed by atoms with Crippen LogP contribution in [0.5, 0.6) is 0 Å². The van der Waals surface area contributed by atoms with Crippen LogP contribution in [-0.4, -0.2) is 32.4 Å². The van der Waals surface area contributed by atoms with Crippen molar-refractivity contribution in [1.82, 2.24) is 4.31 Å². The van der Waals surface area contributed by atoms with E-state index < -0.39 is 10.0 Å². The van der Waals surface area contributed by atoms with Crippen molar-refractivity contribution in [2.45, 2.75) is 18.2 Å². The van der Waals surface area contributed by atoms with E-state index in [-0.39, 0.29) is 18.3 Å². The molecule has 1 heterocycles. The van der Waals surface area contributed by atoms with Crippen LogP contribution in [0.3, 0.4) is 0 Å². The third-order valence-corrected chi connectivity index (χ3v) is 5.85. The van der Waals surface area contributed by atoms with Gasteiger partial charge in [-0.3, -0.25) is 0 Å². The van der Waals surface area contributed by atoms with Crippen LogP contribution in [0.25, 0.3) is 0 Å². The Kier molecular flexibility index (Phi) is 5.82. The summed E-state index contributed by atoms with van der Waals surface area (Å²) >= 11 is 3.32. The first-order chi connectivity index (χ1) is 8.45. The van der Waals surface area contributed by atoms with Crippen molar-refractivity contribution in [2.75, 3.05) is 19.6 Å². The molecule has 1 aliphatic rings. The molecule has 4 nitrogen and oxygen atoms in total. The fourth-order valence-electron chi connectivity index (χ4n) is 2.20. The average molecular weight is 370 g/mol. The molecule has 0 aromatic heterocycles. The number of benzene rings is 1. The Balaban J connectivity index is 0.00000180. The molecular weight excluding hydrogens is 352 g/mol. The number of hydrogen-bond donors (Lipinski definition) is 1. The van der Waals surface area contributed by atoms with Gasteiger partial charge in [-0.25, -0.2) is 8.42 Å². The van der Waals surface area contributed by atoms with Crippen LogP contribution in [0.15, 0.2) is 27.6 Å². The molecule has 1 aromatic carbocycles. The van der Waals surface area contributed by atoms with Crippen LogP contribution in [0.1, 0.15) is 12.0 Å². The van der Waals surface area contributed by atoms with E-state index in [9.17, 15) is 8.42 Å². The predicted octanol–water partition coefficient (Wildman–Crippen LogP) is 2.15. The second-order valence-electron chi connectivity index (χ2n) is 4.66. The van der Waals surface area contributed by atoms with Gasteiger partial charge < -0.3 is 5.73 Å². The summed E-state index contributed by atoms with van der Waals surface area (Å²) in [5.74, 6) is 0.284. The topological polar surface area (TPSA) is 63.4 Å². The quantitative estimate of drug-likeness (QED) is 0.888. The molecule has 2 rings (SSSR count). The summed E-state index contributed by atoms with van der Waals surface area (Å²) in [5, 5.41) is 0. The maximum absolute atomic E-state index is 12.5. The van der Waals surface area contributed by atoms with Gasteiger partial charge in [0.25, 0.3) is 0 Å². The molecule has 0 radical (unpaired) electrons. The Morgan fingerprint density at radius 1 is 1.47 bits per heavy atom.